The van der Waals surface area contributed by atoms with Crippen LogP contribution in [0.3, 0.4) is 0 Å². The van der Waals surface area contributed by atoms with E-state index in [-0.39, 0.29) is 5.91 Å². The maximum absolute atomic E-state index is 12.2. The lowest BCUT2D eigenvalue weighted by Crippen LogP contribution is -2.39. The Morgan fingerprint density at radius 2 is 2.27 bits per heavy atom. The molecular formula is C16H24N2O3S. The predicted octanol–water partition coefficient (Wildman–Crippen LogP) is 2.77. The van der Waals surface area contributed by atoms with Crippen molar-refractivity contribution < 1.29 is 14.3 Å². The van der Waals surface area contributed by atoms with Gasteiger partial charge < -0.3 is 10.1 Å². The van der Waals surface area contributed by atoms with Crippen molar-refractivity contribution in [1.29, 1.82) is 0 Å². The predicted molar refractivity (Wildman–Crippen MR) is 88.5 cm³/mol. The number of nitrogens with zero attached hydrogens (tertiary/aromatic N) is 1. The van der Waals surface area contributed by atoms with Gasteiger partial charge in [0.15, 0.2) is 0 Å². The largest absolute Gasteiger partial charge is 0.465 e. The molecule has 5 nitrogen and oxygen atoms in total. The molecule has 1 atom stereocenters. The summed E-state index contributed by atoms with van der Waals surface area (Å²) in [6, 6.07) is 1.80. The molecule has 0 spiro atoms. The van der Waals surface area contributed by atoms with Crippen LogP contribution >= 0.6 is 11.3 Å². The van der Waals surface area contributed by atoms with Crippen molar-refractivity contribution in [3.05, 3.63) is 16.5 Å². The van der Waals surface area contributed by atoms with Gasteiger partial charge in [0, 0.05) is 11.4 Å². The fourth-order valence-electron chi connectivity index (χ4n) is 2.77. The van der Waals surface area contributed by atoms with Gasteiger partial charge in [-0.15, -0.1) is 11.3 Å². The Hall–Kier alpha value is -1.40. The van der Waals surface area contributed by atoms with Crippen molar-refractivity contribution in [3.8, 4) is 0 Å². The van der Waals surface area contributed by atoms with Crippen LogP contribution in [0.15, 0.2) is 6.07 Å². The van der Waals surface area contributed by atoms with Crippen LogP contribution in [0.25, 0.3) is 0 Å². The van der Waals surface area contributed by atoms with E-state index in [0.717, 1.165) is 30.8 Å². The second-order valence-corrected chi connectivity index (χ2v) is 6.97. The van der Waals surface area contributed by atoms with Gasteiger partial charge in [0.25, 0.3) is 0 Å². The molecule has 1 aliphatic rings. The normalized spacial score (nSPS) is 19.0. The third-order valence-electron chi connectivity index (χ3n) is 3.90. The quantitative estimate of drug-likeness (QED) is 0.846. The molecule has 1 fully saturated rings. The first-order chi connectivity index (χ1) is 10.5. The number of carbonyl (C=O) groups is 2. The Kier molecular flexibility index (Phi) is 5.97. The number of amides is 1. The number of piperidine rings is 1. The molecule has 1 unspecified atom stereocenters. The number of hydrogen-bond donors (Lipinski definition) is 1. The lowest BCUT2D eigenvalue weighted by Gasteiger charge is -2.30. The number of aryl methyl sites for hydroxylation is 1. The van der Waals surface area contributed by atoms with Gasteiger partial charge in [0.1, 0.15) is 5.00 Å². The summed E-state index contributed by atoms with van der Waals surface area (Å²) in [5.74, 6) is 0.169. The lowest BCUT2D eigenvalue weighted by atomic mass is 10.0. The molecular weight excluding hydrogens is 300 g/mol. The SMILES string of the molecule is CCc1cc(C(=O)OC)c(NC(=O)CN2CCCC(C)C2)s1. The van der Waals surface area contributed by atoms with Gasteiger partial charge in [-0.1, -0.05) is 13.8 Å². The van der Waals surface area contributed by atoms with Crippen LogP contribution in [-0.4, -0.2) is 43.5 Å². The highest BCUT2D eigenvalue weighted by atomic mass is 32.1. The molecule has 2 heterocycles. The van der Waals surface area contributed by atoms with Gasteiger partial charge in [-0.2, -0.15) is 0 Å². The first-order valence-electron chi connectivity index (χ1n) is 7.76. The van der Waals surface area contributed by atoms with E-state index < -0.39 is 5.97 Å². The molecule has 122 valence electrons. The molecule has 6 heteroatoms. The smallest absolute Gasteiger partial charge is 0.340 e. The fraction of sp³-hybridized carbons (Fsp3) is 0.625. The molecule has 0 aliphatic carbocycles. The number of esters is 1. The minimum atomic E-state index is -0.405. The van der Waals surface area contributed by atoms with E-state index in [1.807, 2.05) is 6.92 Å². The molecule has 0 radical (unpaired) electrons. The minimum absolute atomic E-state index is 0.0660. The van der Waals surface area contributed by atoms with Crippen LogP contribution in [0.5, 0.6) is 0 Å². The van der Waals surface area contributed by atoms with Crippen LogP contribution < -0.4 is 5.32 Å². The number of anilines is 1. The van der Waals surface area contributed by atoms with Crippen molar-refractivity contribution >= 4 is 28.2 Å². The summed E-state index contributed by atoms with van der Waals surface area (Å²) in [6.45, 7) is 6.54. The average molecular weight is 324 g/mol. The fourth-order valence-corrected chi connectivity index (χ4v) is 3.77. The zero-order valence-electron chi connectivity index (χ0n) is 13.5. The summed E-state index contributed by atoms with van der Waals surface area (Å²) >= 11 is 1.44. The molecule has 1 aromatic heterocycles. The minimum Gasteiger partial charge on any atom is -0.465 e. The molecule has 1 saturated heterocycles. The summed E-state index contributed by atoms with van der Waals surface area (Å²) < 4.78 is 4.79. The Balaban J connectivity index is 2.01. The topological polar surface area (TPSA) is 58.6 Å². The highest BCUT2D eigenvalue weighted by molar-refractivity contribution is 7.16. The Labute approximate surface area is 135 Å². The highest BCUT2D eigenvalue weighted by Gasteiger charge is 2.21. The van der Waals surface area contributed by atoms with Gasteiger partial charge >= 0.3 is 5.97 Å². The van der Waals surface area contributed by atoms with Gasteiger partial charge in [0.2, 0.25) is 5.91 Å². The summed E-state index contributed by atoms with van der Waals surface area (Å²) in [5, 5.41) is 3.48. The third-order valence-corrected chi connectivity index (χ3v) is 5.09. The number of carbonyl (C=O) groups excluding carboxylic acids is 2. The summed E-state index contributed by atoms with van der Waals surface area (Å²) in [7, 11) is 1.35. The number of hydrogen-bond acceptors (Lipinski definition) is 5. The van der Waals surface area contributed by atoms with E-state index in [2.05, 4.69) is 17.1 Å². The second-order valence-electron chi connectivity index (χ2n) is 5.83. The zero-order valence-corrected chi connectivity index (χ0v) is 14.3. The zero-order chi connectivity index (χ0) is 16.1. The Bertz CT molecular complexity index is 541. The molecule has 0 saturated carbocycles. The summed E-state index contributed by atoms with van der Waals surface area (Å²) in [5.41, 5.74) is 0.449. The standard InChI is InChI=1S/C16H24N2O3S/c1-4-12-8-13(16(20)21-3)15(22-12)17-14(19)10-18-7-5-6-11(2)9-18/h8,11H,4-7,9-10H2,1-3H3,(H,17,19). The number of ether oxygens (including phenoxy) is 1. The molecule has 1 N–H and O–H groups in total. The second kappa shape index (κ2) is 7.74. The van der Waals surface area contributed by atoms with Crippen molar-refractivity contribution in [3.63, 3.8) is 0 Å². The third kappa shape index (κ3) is 4.30. The van der Waals surface area contributed by atoms with Crippen molar-refractivity contribution in [1.82, 2.24) is 4.90 Å². The van der Waals surface area contributed by atoms with Crippen molar-refractivity contribution in [2.45, 2.75) is 33.1 Å². The van der Waals surface area contributed by atoms with E-state index in [9.17, 15) is 9.59 Å². The molecule has 0 bridgehead atoms. The van der Waals surface area contributed by atoms with E-state index in [4.69, 9.17) is 4.74 Å². The average Bonchev–Trinajstić information content (AvgIpc) is 2.89. The maximum atomic E-state index is 12.2. The molecule has 1 aliphatic heterocycles. The van der Waals surface area contributed by atoms with E-state index in [0.29, 0.717) is 23.0 Å². The van der Waals surface area contributed by atoms with Crippen LogP contribution in [0.2, 0.25) is 0 Å². The maximum Gasteiger partial charge on any atom is 0.340 e. The molecule has 1 aromatic rings. The highest BCUT2D eigenvalue weighted by Crippen LogP contribution is 2.29. The van der Waals surface area contributed by atoms with Gasteiger partial charge in [-0.25, -0.2) is 4.79 Å². The van der Waals surface area contributed by atoms with Gasteiger partial charge in [0.05, 0.1) is 19.2 Å². The molecule has 0 aromatic carbocycles. The monoisotopic (exact) mass is 324 g/mol. The van der Waals surface area contributed by atoms with E-state index in [1.165, 1.54) is 24.9 Å². The van der Waals surface area contributed by atoms with Gasteiger partial charge in [-0.3, -0.25) is 9.69 Å². The Morgan fingerprint density at radius 1 is 1.50 bits per heavy atom. The molecule has 1 amide bonds. The van der Waals surface area contributed by atoms with E-state index >= 15 is 0 Å². The molecule has 22 heavy (non-hydrogen) atoms. The number of thiophene rings is 1. The molecule has 2 rings (SSSR count). The van der Waals surface area contributed by atoms with Gasteiger partial charge in [-0.05, 0) is 37.8 Å². The summed E-state index contributed by atoms with van der Waals surface area (Å²) in [6.07, 6.45) is 3.20. The number of likely N-dealkylation sites (tertiary alicyclic amines) is 1. The number of rotatable bonds is 5. The van der Waals surface area contributed by atoms with Crippen LogP contribution in [0.4, 0.5) is 5.00 Å². The summed E-state index contributed by atoms with van der Waals surface area (Å²) in [4.78, 5) is 27.3. The number of nitrogens with one attached hydrogen (secondary N) is 1. The number of methoxy groups -OCH3 is 1. The van der Waals surface area contributed by atoms with Crippen LogP contribution in [-0.2, 0) is 16.0 Å². The first kappa shape index (κ1) is 17.0. The Morgan fingerprint density at radius 3 is 2.91 bits per heavy atom. The first-order valence-corrected chi connectivity index (χ1v) is 8.58. The van der Waals surface area contributed by atoms with E-state index in [1.54, 1.807) is 6.07 Å². The van der Waals surface area contributed by atoms with Crippen LogP contribution in [0.1, 0.15) is 41.9 Å². The van der Waals surface area contributed by atoms with Crippen LogP contribution in [0, 0.1) is 5.92 Å². The lowest BCUT2D eigenvalue weighted by molar-refractivity contribution is -0.117. The van der Waals surface area contributed by atoms with Crippen molar-refractivity contribution in [2.24, 2.45) is 5.92 Å². The van der Waals surface area contributed by atoms with Crippen molar-refractivity contribution in [2.75, 3.05) is 32.1 Å².